The third kappa shape index (κ3) is 5.15. The highest BCUT2D eigenvalue weighted by atomic mass is 35.5. The van der Waals surface area contributed by atoms with Gasteiger partial charge in [-0.1, -0.05) is 13.0 Å². The normalized spacial score (nSPS) is 11.3. The molecule has 0 bridgehead atoms. The van der Waals surface area contributed by atoms with Crippen molar-refractivity contribution >= 4 is 29.9 Å². The molecular formula is C12H18ClN3O3. The highest BCUT2D eigenvalue weighted by Crippen LogP contribution is 2.24. The molecule has 0 aromatic heterocycles. The Morgan fingerprint density at radius 2 is 2.05 bits per heavy atom. The molecule has 2 amide bonds. The molecule has 0 aliphatic rings. The monoisotopic (exact) mass is 287 g/mol. The van der Waals surface area contributed by atoms with Gasteiger partial charge in [0.05, 0.1) is 18.2 Å². The highest BCUT2D eigenvalue weighted by Gasteiger charge is 2.17. The third-order valence-corrected chi connectivity index (χ3v) is 2.48. The zero-order chi connectivity index (χ0) is 13.7. The number of benzene rings is 1. The maximum atomic E-state index is 11.6. The van der Waals surface area contributed by atoms with E-state index in [-0.39, 0.29) is 30.3 Å². The molecular weight excluding hydrogens is 270 g/mol. The molecule has 0 saturated heterocycles. The Morgan fingerprint density at radius 3 is 2.58 bits per heavy atom. The van der Waals surface area contributed by atoms with Gasteiger partial charge < -0.3 is 21.9 Å². The number of hydrogen-bond donors (Lipinski definition) is 4. The van der Waals surface area contributed by atoms with Gasteiger partial charge in [-0.05, 0) is 24.1 Å². The largest absolute Gasteiger partial charge is 0.506 e. The lowest BCUT2D eigenvalue weighted by Gasteiger charge is -2.12. The summed E-state index contributed by atoms with van der Waals surface area (Å²) in [7, 11) is 0. The molecule has 1 unspecified atom stereocenters. The fraction of sp³-hybridized carbons (Fsp3) is 0.333. The zero-order valence-corrected chi connectivity index (χ0v) is 11.4. The minimum absolute atomic E-state index is 0. The Bertz CT molecular complexity index is 466. The van der Waals surface area contributed by atoms with Gasteiger partial charge in [-0.25, -0.2) is 0 Å². The van der Waals surface area contributed by atoms with Crippen molar-refractivity contribution in [3.63, 3.8) is 0 Å². The van der Waals surface area contributed by atoms with Crippen LogP contribution in [0.4, 0.5) is 5.69 Å². The number of phenols is 1. The summed E-state index contributed by atoms with van der Waals surface area (Å²) in [5.41, 5.74) is 11.7. The lowest BCUT2D eigenvalue weighted by molar-refractivity contribution is -0.123. The van der Waals surface area contributed by atoms with Gasteiger partial charge in [0.1, 0.15) is 5.75 Å². The number of primary amides is 1. The Morgan fingerprint density at radius 1 is 1.42 bits per heavy atom. The number of aromatic hydroxyl groups is 1. The summed E-state index contributed by atoms with van der Waals surface area (Å²) < 4.78 is 0. The molecule has 0 fully saturated rings. The maximum absolute atomic E-state index is 11.6. The number of halogens is 1. The van der Waals surface area contributed by atoms with Crippen LogP contribution in [0.3, 0.4) is 0 Å². The van der Waals surface area contributed by atoms with E-state index in [0.29, 0.717) is 0 Å². The molecule has 0 aliphatic carbocycles. The van der Waals surface area contributed by atoms with Gasteiger partial charge in [-0.3, -0.25) is 9.59 Å². The predicted octanol–water partition coefficient (Wildman–Crippen LogP) is 0.518. The molecule has 1 rings (SSSR count). The molecule has 19 heavy (non-hydrogen) atoms. The summed E-state index contributed by atoms with van der Waals surface area (Å²) in [4.78, 5) is 22.3. The molecule has 0 aliphatic heterocycles. The number of nitrogens with two attached hydrogens (primary N) is 2. The van der Waals surface area contributed by atoms with Crippen molar-refractivity contribution in [2.24, 2.45) is 11.5 Å². The van der Waals surface area contributed by atoms with Gasteiger partial charge in [-0.2, -0.15) is 0 Å². The van der Waals surface area contributed by atoms with Crippen LogP contribution in [-0.2, 0) is 16.0 Å². The van der Waals surface area contributed by atoms with Gasteiger partial charge in [0.15, 0.2) is 0 Å². The Balaban J connectivity index is 0.00000324. The fourth-order valence-corrected chi connectivity index (χ4v) is 1.44. The van der Waals surface area contributed by atoms with Crippen molar-refractivity contribution in [2.45, 2.75) is 25.8 Å². The number of anilines is 1. The van der Waals surface area contributed by atoms with E-state index in [4.69, 9.17) is 11.5 Å². The topological polar surface area (TPSA) is 118 Å². The second-order valence-electron chi connectivity index (χ2n) is 3.97. The van der Waals surface area contributed by atoms with E-state index in [0.717, 1.165) is 12.0 Å². The van der Waals surface area contributed by atoms with Crippen LogP contribution in [0, 0.1) is 0 Å². The number of rotatable bonds is 5. The average Bonchev–Trinajstić information content (AvgIpc) is 2.31. The number of amides is 2. The minimum Gasteiger partial charge on any atom is -0.506 e. The molecule has 106 valence electrons. The van der Waals surface area contributed by atoms with Crippen molar-refractivity contribution in [1.29, 1.82) is 0 Å². The van der Waals surface area contributed by atoms with Gasteiger partial charge in [0.2, 0.25) is 11.8 Å². The lowest BCUT2D eigenvalue weighted by atomic mass is 10.1. The van der Waals surface area contributed by atoms with Crippen molar-refractivity contribution in [3.8, 4) is 5.75 Å². The number of nitrogens with one attached hydrogen (secondary N) is 1. The number of carbonyl (C=O) groups excluding carboxylic acids is 2. The van der Waals surface area contributed by atoms with Crippen LogP contribution in [-0.4, -0.2) is 23.0 Å². The molecule has 7 heteroatoms. The van der Waals surface area contributed by atoms with E-state index in [1.807, 2.05) is 6.92 Å². The summed E-state index contributed by atoms with van der Waals surface area (Å²) in [6.45, 7) is 1.96. The van der Waals surface area contributed by atoms with E-state index >= 15 is 0 Å². The standard InChI is InChI=1S/C12H17N3O3.ClH/c1-2-7-3-4-10(16)9(5-7)15-12(18)8(13)6-11(14)17;/h3-5,8,16H,2,6,13H2,1H3,(H2,14,17)(H,15,18);1H. The Kier molecular flexibility index (Phi) is 6.89. The first-order valence-corrected chi connectivity index (χ1v) is 5.60. The smallest absolute Gasteiger partial charge is 0.241 e. The second-order valence-corrected chi connectivity index (χ2v) is 3.97. The number of carbonyl (C=O) groups is 2. The molecule has 1 aromatic rings. The van der Waals surface area contributed by atoms with Crippen LogP contribution in [0.5, 0.6) is 5.75 Å². The first-order chi connectivity index (χ1) is 8.43. The number of phenolic OH excluding ortho intramolecular Hbond substituents is 1. The summed E-state index contributed by atoms with van der Waals surface area (Å²) >= 11 is 0. The van der Waals surface area contributed by atoms with Crippen LogP contribution < -0.4 is 16.8 Å². The predicted molar refractivity (Wildman–Crippen MR) is 75.1 cm³/mol. The van der Waals surface area contributed by atoms with Crippen LogP contribution >= 0.6 is 12.4 Å². The van der Waals surface area contributed by atoms with E-state index in [1.54, 1.807) is 12.1 Å². The molecule has 6 N–H and O–H groups in total. The molecule has 1 aromatic carbocycles. The summed E-state index contributed by atoms with van der Waals surface area (Å²) in [5.74, 6) is -1.26. The zero-order valence-electron chi connectivity index (χ0n) is 10.6. The van der Waals surface area contributed by atoms with Crippen LogP contribution in [0.2, 0.25) is 0 Å². The van der Waals surface area contributed by atoms with Gasteiger partial charge in [0.25, 0.3) is 0 Å². The van der Waals surface area contributed by atoms with Crippen molar-refractivity contribution in [3.05, 3.63) is 23.8 Å². The summed E-state index contributed by atoms with van der Waals surface area (Å²) in [6, 6.07) is 3.89. The maximum Gasteiger partial charge on any atom is 0.241 e. The van der Waals surface area contributed by atoms with Crippen molar-refractivity contribution in [1.82, 2.24) is 0 Å². The first-order valence-electron chi connectivity index (χ1n) is 5.60. The minimum atomic E-state index is -1.02. The number of hydrogen-bond acceptors (Lipinski definition) is 4. The second kappa shape index (κ2) is 7.60. The number of aryl methyl sites for hydroxylation is 1. The SMILES string of the molecule is CCc1ccc(O)c(NC(=O)C(N)CC(N)=O)c1.Cl. The fourth-order valence-electron chi connectivity index (χ4n) is 1.44. The van der Waals surface area contributed by atoms with Crippen molar-refractivity contribution < 1.29 is 14.7 Å². The van der Waals surface area contributed by atoms with Crippen LogP contribution in [0.15, 0.2) is 18.2 Å². The van der Waals surface area contributed by atoms with E-state index in [9.17, 15) is 14.7 Å². The van der Waals surface area contributed by atoms with Crippen LogP contribution in [0.1, 0.15) is 18.9 Å². The lowest BCUT2D eigenvalue weighted by Crippen LogP contribution is -2.39. The molecule has 0 radical (unpaired) electrons. The Labute approximate surface area is 117 Å². The van der Waals surface area contributed by atoms with E-state index < -0.39 is 17.9 Å². The Hall–Kier alpha value is -1.79. The van der Waals surface area contributed by atoms with Crippen LogP contribution in [0.25, 0.3) is 0 Å². The highest BCUT2D eigenvalue weighted by molar-refractivity contribution is 5.98. The molecule has 6 nitrogen and oxygen atoms in total. The third-order valence-electron chi connectivity index (χ3n) is 2.48. The van der Waals surface area contributed by atoms with Crippen molar-refractivity contribution in [2.75, 3.05) is 5.32 Å². The molecule has 0 saturated carbocycles. The first kappa shape index (κ1) is 17.2. The average molecular weight is 288 g/mol. The molecule has 0 spiro atoms. The molecule has 0 heterocycles. The van der Waals surface area contributed by atoms with E-state index in [1.165, 1.54) is 6.07 Å². The van der Waals surface area contributed by atoms with Gasteiger partial charge in [0, 0.05) is 0 Å². The van der Waals surface area contributed by atoms with E-state index in [2.05, 4.69) is 5.32 Å². The van der Waals surface area contributed by atoms with Gasteiger partial charge in [-0.15, -0.1) is 12.4 Å². The summed E-state index contributed by atoms with van der Waals surface area (Å²) in [5, 5.41) is 12.1. The summed E-state index contributed by atoms with van der Waals surface area (Å²) in [6.07, 6.45) is 0.538. The quantitative estimate of drug-likeness (QED) is 0.590. The van der Waals surface area contributed by atoms with Gasteiger partial charge >= 0.3 is 0 Å². The molecule has 1 atom stereocenters.